The smallest absolute Gasteiger partial charge is 0.426 e. The predicted octanol–water partition coefficient (Wildman–Crippen LogP) is 2.86. The van der Waals surface area contributed by atoms with Gasteiger partial charge in [0.2, 0.25) is 17.7 Å². The van der Waals surface area contributed by atoms with Crippen molar-refractivity contribution in [2.45, 2.75) is 6.18 Å². The highest BCUT2D eigenvalue weighted by molar-refractivity contribution is 9.10. The normalized spacial score (nSPS) is 11.5. The number of nitrogens with zero attached hydrogens (tertiary/aromatic N) is 4. The number of hydrogen-bond donors (Lipinski definition) is 0. The fourth-order valence-corrected chi connectivity index (χ4v) is 1.53. The van der Waals surface area contributed by atoms with E-state index in [1.54, 1.807) is 0 Å². The molecule has 0 unspecified atom stereocenters. The highest BCUT2D eigenvalue weighted by Crippen LogP contribution is 2.37. The van der Waals surface area contributed by atoms with Crippen molar-refractivity contribution in [1.82, 2.24) is 19.9 Å². The zero-order chi connectivity index (χ0) is 14.9. The van der Waals surface area contributed by atoms with Gasteiger partial charge in [-0.3, -0.25) is 0 Å². The van der Waals surface area contributed by atoms with Gasteiger partial charge in [-0.1, -0.05) is 0 Å². The van der Waals surface area contributed by atoms with E-state index in [9.17, 15) is 17.6 Å². The molecule has 0 atom stereocenters. The minimum atomic E-state index is -4.96. The third-order valence-corrected chi connectivity index (χ3v) is 2.54. The number of halogens is 5. The van der Waals surface area contributed by atoms with Gasteiger partial charge in [0.15, 0.2) is 11.4 Å². The van der Waals surface area contributed by atoms with Crippen LogP contribution in [0.1, 0.15) is 5.56 Å². The molecule has 2 rings (SSSR count). The Morgan fingerprint density at radius 1 is 1.10 bits per heavy atom. The summed E-state index contributed by atoms with van der Waals surface area (Å²) in [6.07, 6.45) is -2.31. The topological polar surface area (TPSA) is 60.8 Å². The van der Waals surface area contributed by atoms with Crippen LogP contribution in [0.15, 0.2) is 16.9 Å². The zero-order valence-corrected chi connectivity index (χ0v) is 11.3. The summed E-state index contributed by atoms with van der Waals surface area (Å²) in [6, 6.07) is 0. The van der Waals surface area contributed by atoms with Crippen molar-refractivity contribution in [2.24, 2.45) is 0 Å². The van der Waals surface area contributed by atoms with Crippen LogP contribution in [0.2, 0.25) is 0 Å². The summed E-state index contributed by atoms with van der Waals surface area (Å²) >= 11 is 3.08. The van der Waals surface area contributed by atoms with Crippen LogP contribution >= 0.6 is 15.9 Å². The molecule has 10 heteroatoms. The fourth-order valence-electron chi connectivity index (χ4n) is 1.33. The number of hydrogen-bond acceptors (Lipinski definition) is 5. The summed E-state index contributed by atoms with van der Waals surface area (Å²) in [5.41, 5.74) is -1.67. The summed E-state index contributed by atoms with van der Waals surface area (Å²) in [4.78, 5) is 14.2. The van der Waals surface area contributed by atoms with E-state index >= 15 is 0 Å². The first-order valence-corrected chi connectivity index (χ1v) is 5.79. The van der Waals surface area contributed by atoms with Gasteiger partial charge in [-0.05, 0) is 15.9 Å². The van der Waals surface area contributed by atoms with Crippen molar-refractivity contribution in [3.8, 4) is 17.5 Å². The summed E-state index contributed by atoms with van der Waals surface area (Å²) in [7, 11) is 0.948. The lowest BCUT2D eigenvalue weighted by Gasteiger charge is -2.11. The van der Waals surface area contributed by atoms with Crippen molar-refractivity contribution in [2.75, 3.05) is 7.11 Å². The highest BCUT2D eigenvalue weighted by atomic mass is 79.9. The van der Waals surface area contributed by atoms with Gasteiger partial charge in [-0.25, -0.2) is 9.97 Å². The van der Waals surface area contributed by atoms with Crippen molar-refractivity contribution in [1.29, 1.82) is 0 Å². The number of alkyl halides is 3. The highest BCUT2D eigenvalue weighted by Gasteiger charge is 2.40. The lowest BCUT2D eigenvalue weighted by Crippen LogP contribution is -2.14. The average Bonchev–Trinajstić information content (AvgIpc) is 2.37. The zero-order valence-electron chi connectivity index (χ0n) is 9.74. The van der Waals surface area contributed by atoms with Crippen LogP contribution in [0.3, 0.4) is 0 Å². The molecule has 5 nitrogen and oxygen atoms in total. The standard InChI is InChI=1S/C10H5BrF4N4O/c1-20-9-5(10(13,14)15)6(12)18-8(19-9)7-16-2-4(11)3-17-7/h2-3H,1H3. The molecule has 2 aromatic heterocycles. The van der Waals surface area contributed by atoms with Gasteiger partial charge in [0.25, 0.3) is 0 Å². The molecule has 106 valence electrons. The first-order chi connectivity index (χ1) is 9.32. The van der Waals surface area contributed by atoms with Crippen LogP contribution in [-0.4, -0.2) is 27.0 Å². The summed E-state index contributed by atoms with van der Waals surface area (Å²) in [5, 5.41) is 0. The largest absolute Gasteiger partial charge is 0.480 e. The molecule has 0 aliphatic carbocycles. The number of ether oxygens (including phenoxy) is 1. The van der Waals surface area contributed by atoms with Gasteiger partial charge in [-0.15, -0.1) is 0 Å². The molecule has 0 N–H and O–H groups in total. The van der Waals surface area contributed by atoms with Gasteiger partial charge >= 0.3 is 6.18 Å². The van der Waals surface area contributed by atoms with E-state index in [-0.39, 0.29) is 5.82 Å². The van der Waals surface area contributed by atoms with Crippen molar-refractivity contribution >= 4 is 15.9 Å². The van der Waals surface area contributed by atoms with Crippen LogP contribution in [0, 0.1) is 5.95 Å². The average molecular weight is 353 g/mol. The van der Waals surface area contributed by atoms with E-state index in [2.05, 4.69) is 40.6 Å². The van der Waals surface area contributed by atoms with Crippen LogP contribution < -0.4 is 4.74 Å². The third kappa shape index (κ3) is 2.84. The molecule has 0 aliphatic rings. The fraction of sp³-hybridized carbons (Fsp3) is 0.200. The molecule has 0 radical (unpaired) electrons. The van der Waals surface area contributed by atoms with Crippen LogP contribution in [0.5, 0.6) is 5.88 Å². The number of aromatic nitrogens is 4. The van der Waals surface area contributed by atoms with Gasteiger partial charge in [0.1, 0.15) is 0 Å². The first-order valence-electron chi connectivity index (χ1n) is 4.99. The summed E-state index contributed by atoms with van der Waals surface area (Å²) in [6.45, 7) is 0. The number of methoxy groups -OCH3 is 1. The van der Waals surface area contributed by atoms with E-state index in [1.165, 1.54) is 12.4 Å². The molecular weight excluding hydrogens is 348 g/mol. The second-order valence-electron chi connectivity index (χ2n) is 3.44. The lowest BCUT2D eigenvalue weighted by atomic mass is 10.3. The maximum atomic E-state index is 13.5. The van der Waals surface area contributed by atoms with Crippen LogP contribution in [0.25, 0.3) is 11.6 Å². The Hall–Kier alpha value is -1.84. The minimum Gasteiger partial charge on any atom is -0.480 e. The molecule has 0 amide bonds. The molecule has 0 aromatic carbocycles. The maximum Gasteiger partial charge on any atom is 0.426 e. The van der Waals surface area contributed by atoms with E-state index in [1.807, 2.05) is 0 Å². The first kappa shape index (κ1) is 14.6. The van der Waals surface area contributed by atoms with E-state index < -0.39 is 29.4 Å². The van der Waals surface area contributed by atoms with Crippen molar-refractivity contribution < 1.29 is 22.3 Å². The molecule has 0 bridgehead atoms. The molecule has 0 aliphatic heterocycles. The Morgan fingerprint density at radius 2 is 1.70 bits per heavy atom. The van der Waals surface area contributed by atoms with Gasteiger partial charge in [0, 0.05) is 12.4 Å². The molecule has 0 fully saturated rings. The third-order valence-electron chi connectivity index (χ3n) is 2.13. The SMILES string of the molecule is COc1nc(-c2ncc(Br)cn2)nc(F)c1C(F)(F)F. The Kier molecular flexibility index (Phi) is 3.84. The Bertz CT molecular complexity index is 632. The van der Waals surface area contributed by atoms with E-state index in [0.717, 1.165) is 7.11 Å². The van der Waals surface area contributed by atoms with Crippen molar-refractivity contribution in [3.05, 3.63) is 28.4 Å². The molecule has 2 heterocycles. The molecular formula is C10H5BrF4N4O. The van der Waals surface area contributed by atoms with Crippen molar-refractivity contribution in [3.63, 3.8) is 0 Å². The minimum absolute atomic E-state index is 0.126. The van der Waals surface area contributed by atoms with Crippen LogP contribution in [0.4, 0.5) is 17.6 Å². The molecule has 0 saturated heterocycles. The second-order valence-corrected chi connectivity index (χ2v) is 4.36. The monoisotopic (exact) mass is 352 g/mol. The summed E-state index contributed by atoms with van der Waals surface area (Å²) in [5.74, 6) is -3.20. The van der Waals surface area contributed by atoms with E-state index in [0.29, 0.717) is 4.47 Å². The number of rotatable bonds is 2. The van der Waals surface area contributed by atoms with Gasteiger partial charge in [0.05, 0.1) is 11.6 Å². The van der Waals surface area contributed by atoms with Gasteiger partial charge < -0.3 is 4.74 Å². The van der Waals surface area contributed by atoms with Gasteiger partial charge in [-0.2, -0.15) is 27.5 Å². The molecule has 0 spiro atoms. The molecule has 2 aromatic rings. The summed E-state index contributed by atoms with van der Waals surface area (Å²) < 4.78 is 56.5. The molecule has 0 saturated carbocycles. The predicted molar refractivity (Wildman–Crippen MR) is 62.3 cm³/mol. The Balaban J connectivity index is 2.58. The second kappa shape index (κ2) is 5.27. The quantitative estimate of drug-likeness (QED) is 0.614. The Morgan fingerprint density at radius 3 is 2.20 bits per heavy atom. The van der Waals surface area contributed by atoms with Crippen LogP contribution in [-0.2, 0) is 6.18 Å². The van der Waals surface area contributed by atoms with E-state index in [4.69, 9.17) is 0 Å². The lowest BCUT2D eigenvalue weighted by molar-refractivity contribution is -0.142. The maximum absolute atomic E-state index is 13.5. The molecule has 20 heavy (non-hydrogen) atoms. The Labute approximate surface area is 118 Å².